The summed E-state index contributed by atoms with van der Waals surface area (Å²) in [7, 11) is 0. The second-order valence-corrected chi connectivity index (χ2v) is 8.71. The molecule has 1 aromatic rings. The molecule has 1 aromatic heterocycles. The van der Waals surface area contributed by atoms with Gasteiger partial charge in [0.1, 0.15) is 0 Å². The average molecular weight is 358 g/mol. The van der Waals surface area contributed by atoms with Crippen molar-refractivity contribution in [2.45, 2.75) is 64.8 Å². The van der Waals surface area contributed by atoms with Gasteiger partial charge < -0.3 is 5.32 Å². The van der Waals surface area contributed by atoms with Crippen LogP contribution in [0.1, 0.15) is 57.2 Å². The molecule has 1 aliphatic rings. The van der Waals surface area contributed by atoms with Crippen LogP contribution < -0.4 is 5.32 Å². The zero-order valence-corrected chi connectivity index (χ0v) is 15.2. The third kappa shape index (κ3) is 4.85. The molecule has 3 heteroatoms. The Morgan fingerprint density at radius 3 is 2.55 bits per heavy atom. The highest BCUT2D eigenvalue weighted by molar-refractivity contribution is 9.11. The second kappa shape index (κ2) is 8.55. The quantitative estimate of drug-likeness (QED) is 0.665. The Bertz CT molecular complexity index is 382. The SMILES string of the molecule is CCCNC(Cc1ccc(Br)s1)C1CCC(CC)CC1. The van der Waals surface area contributed by atoms with Crippen LogP contribution in [-0.2, 0) is 6.42 Å². The van der Waals surface area contributed by atoms with Gasteiger partial charge in [-0.15, -0.1) is 11.3 Å². The van der Waals surface area contributed by atoms with Crippen molar-refractivity contribution in [3.05, 3.63) is 20.8 Å². The average Bonchev–Trinajstić information content (AvgIpc) is 2.89. The zero-order chi connectivity index (χ0) is 14.4. The van der Waals surface area contributed by atoms with Gasteiger partial charge in [-0.05, 0) is 72.1 Å². The van der Waals surface area contributed by atoms with Crippen LogP contribution in [0.3, 0.4) is 0 Å². The number of nitrogens with one attached hydrogen (secondary N) is 1. The van der Waals surface area contributed by atoms with Gasteiger partial charge in [-0.1, -0.05) is 33.1 Å². The molecule has 0 spiro atoms. The van der Waals surface area contributed by atoms with Crippen LogP contribution in [0.25, 0.3) is 0 Å². The standard InChI is InChI=1S/C17H28BrNS/c1-3-11-19-16(12-15-9-10-17(18)20-15)14-7-5-13(4-2)6-8-14/h9-10,13-14,16,19H,3-8,11-12H2,1-2H3. The Kier molecular flexibility index (Phi) is 7.06. The summed E-state index contributed by atoms with van der Waals surface area (Å²) in [5.74, 6) is 1.87. The first kappa shape index (κ1) is 16.5. The van der Waals surface area contributed by atoms with E-state index >= 15 is 0 Å². The van der Waals surface area contributed by atoms with E-state index in [1.807, 2.05) is 11.3 Å². The third-order valence-corrected chi connectivity index (χ3v) is 6.39. The van der Waals surface area contributed by atoms with Crippen LogP contribution in [0, 0.1) is 11.8 Å². The summed E-state index contributed by atoms with van der Waals surface area (Å²) >= 11 is 5.48. The third-order valence-electron chi connectivity index (χ3n) is 4.74. The van der Waals surface area contributed by atoms with Crippen LogP contribution in [0.15, 0.2) is 15.9 Å². The molecule has 0 aliphatic heterocycles. The molecular weight excluding hydrogens is 330 g/mol. The lowest BCUT2D eigenvalue weighted by molar-refractivity contribution is 0.217. The van der Waals surface area contributed by atoms with Crippen LogP contribution >= 0.6 is 27.3 Å². The van der Waals surface area contributed by atoms with Crippen LogP contribution in [-0.4, -0.2) is 12.6 Å². The van der Waals surface area contributed by atoms with Gasteiger partial charge in [-0.3, -0.25) is 0 Å². The number of hydrogen-bond acceptors (Lipinski definition) is 2. The van der Waals surface area contributed by atoms with E-state index in [2.05, 4.69) is 47.2 Å². The van der Waals surface area contributed by atoms with Gasteiger partial charge in [0, 0.05) is 10.9 Å². The predicted molar refractivity (Wildman–Crippen MR) is 93.5 cm³/mol. The molecule has 114 valence electrons. The molecule has 1 unspecified atom stereocenters. The van der Waals surface area contributed by atoms with E-state index < -0.39 is 0 Å². The summed E-state index contributed by atoms with van der Waals surface area (Å²) in [6.07, 6.45) is 9.54. The molecular formula is C17H28BrNS. The maximum atomic E-state index is 3.82. The first-order valence-corrected chi connectivity index (χ1v) is 9.81. The molecule has 0 radical (unpaired) electrons. The fourth-order valence-electron chi connectivity index (χ4n) is 3.41. The highest BCUT2D eigenvalue weighted by Crippen LogP contribution is 2.34. The van der Waals surface area contributed by atoms with Crippen molar-refractivity contribution < 1.29 is 0 Å². The van der Waals surface area contributed by atoms with Gasteiger partial charge in [0.2, 0.25) is 0 Å². The number of hydrogen-bond donors (Lipinski definition) is 1. The summed E-state index contributed by atoms with van der Waals surface area (Å²) in [6.45, 7) is 5.77. The molecule has 1 nitrogen and oxygen atoms in total. The Morgan fingerprint density at radius 2 is 2.00 bits per heavy atom. The molecule has 0 amide bonds. The monoisotopic (exact) mass is 357 g/mol. The minimum absolute atomic E-state index is 0.679. The summed E-state index contributed by atoms with van der Waals surface area (Å²) in [5, 5.41) is 3.82. The van der Waals surface area contributed by atoms with E-state index in [1.54, 1.807) is 0 Å². The van der Waals surface area contributed by atoms with Crippen molar-refractivity contribution in [2.24, 2.45) is 11.8 Å². The van der Waals surface area contributed by atoms with Crippen molar-refractivity contribution in [3.63, 3.8) is 0 Å². The molecule has 1 atom stereocenters. The lowest BCUT2D eigenvalue weighted by atomic mass is 9.76. The first-order valence-electron chi connectivity index (χ1n) is 8.20. The topological polar surface area (TPSA) is 12.0 Å². The smallest absolute Gasteiger partial charge is 0.0701 e. The van der Waals surface area contributed by atoms with Crippen molar-refractivity contribution >= 4 is 27.3 Å². The normalized spacial score (nSPS) is 24.8. The molecule has 0 bridgehead atoms. The number of thiophene rings is 1. The Morgan fingerprint density at radius 1 is 1.25 bits per heavy atom. The minimum Gasteiger partial charge on any atom is -0.313 e. The molecule has 1 saturated carbocycles. The van der Waals surface area contributed by atoms with E-state index in [0.29, 0.717) is 6.04 Å². The minimum atomic E-state index is 0.679. The van der Waals surface area contributed by atoms with E-state index in [9.17, 15) is 0 Å². The molecule has 0 saturated heterocycles. The van der Waals surface area contributed by atoms with Crippen molar-refractivity contribution in [2.75, 3.05) is 6.54 Å². The lowest BCUT2D eigenvalue weighted by Gasteiger charge is -2.34. The summed E-state index contributed by atoms with van der Waals surface area (Å²) in [4.78, 5) is 1.52. The van der Waals surface area contributed by atoms with Crippen molar-refractivity contribution in [1.29, 1.82) is 0 Å². The van der Waals surface area contributed by atoms with Crippen LogP contribution in [0.2, 0.25) is 0 Å². The van der Waals surface area contributed by atoms with Gasteiger partial charge in [0.25, 0.3) is 0 Å². The largest absolute Gasteiger partial charge is 0.313 e. The highest BCUT2D eigenvalue weighted by atomic mass is 79.9. The highest BCUT2D eigenvalue weighted by Gasteiger charge is 2.27. The van der Waals surface area contributed by atoms with Gasteiger partial charge in [-0.25, -0.2) is 0 Å². The van der Waals surface area contributed by atoms with Gasteiger partial charge in [0.15, 0.2) is 0 Å². The zero-order valence-electron chi connectivity index (χ0n) is 12.8. The van der Waals surface area contributed by atoms with E-state index in [0.717, 1.165) is 18.4 Å². The van der Waals surface area contributed by atoms with Gasteiger partial charge >= 0.3 is 0 Å². The summed E-state index contributed by atoms with van der Waals surface area (Å²) in [5.41, 5.74) is 0. The number of rotatable bonds is 7. The van der Waals surface area contributed by atoms with E-state index in [4.69, 9.17) is 0 Å². The van der Waals surface area contributed by atoms with Gasteiger partial charge in [-0.2, -0.15) is 0 Å². The Balaban J connectivity index is 1.92. The van der Waals surface area contributed by atoms with Crippen molar-refractivity contribution in [3.8, 4) is 0 Å². The molecule has 1 heterocycles. The lowest BCUT2D eigenvalue weighted by Crippen LogP contribution is -2.40. The molecule has 2 rings (SSSR count). The van der Waals surface area contributed by atoms with Gasteiger partial charge in [0.05, 0.1) is 3.79 Å². The molecule has 1 N–H and O–H groups in total. The van der Waals surface area contributed by atoms with E-state index in [1.165, 1.54) is 53.6 Å². The maximum absolute atomic E-state index is 3.82. The van der Waals surface area contributed by atoms with Crippen LogP contribution in [0.4, 0.5) is 0 Å². The molecule has 20 heavy (non-hydrogen) atoms. The van der Waals surface area contributed by atoms with E-state index in [-0.39, 0.29) is 0 Å². The van der Waals surface area contributed by atoms with Crippen LogP contribution in [0.5, 0.6) is 0 Å². The molecule has 1 fully saturated rings. The fourth-order valence-corrected chi connectivity index (χ4v) is 4.95. The second-order valence-electron chi connectivity index (χ2n) is 6.16. The summed E-state index contributed by atoms with van der Waals surface area (Å²) < 4.78 is 1.26. The fraction of sp³-hybridized carbons (Fsp3) is 0.765. The molecule has 1 aliphatic carbocycles. The maximum Gasteiger partial charge on any atom is 0.0701 e. The number of halogens is 1. The Hall–Kier alpha value is 0.140. The Labute approximate surface area is 136 Å². The molecule has 0 aromatic carbocycles. The first-order chi connectivity index (χ1) is 9.72. The predicted octanol–water partition coefficient (Wildman–Crippen LogP) is 5.64. The van der Waals surface area contributed by atoms with Crippen molar-refractivity contribution in [1.82, 2.24) is 5.32 Å². The summed E-state index contributed by atoms with van der Waals surface area (Å²) in [6, 6.07) is 5.15.